The van der Waals surface area contributed by atoms with Crippen molar-refractivity contribution in [3.63, 3.8) is 0 Å². The van der Waals surface area contributed by atoms with Crippen LogP contribution in [-0.2, 0) is 10.4 Å². The molecule has 1 aromatic rings. The summed E-state index contributed by atoms with van der Waals surface area (Å²) in [5, 5.41) is 25.5. The number of aliphatic hydroxyl groups is 1. The zero-order valence-electron chi connectivity index (χ0n) is 21.8. The third-order valence-corrected chi connectivity index (χ3v) is 6.32. The van der Waals surface area contributed by atoms with E-state index in [1.807, 2.05) is 25.1 Å². The Morgan fingerprint density at radius 1 is 1.26 bits per heavy atom. The molecular weight excluding hydrogens is 519 g/mol. The minimum atomic E-state index is -4.54. The molecule has 0 amide bonds. The average molecular weight is 550 g/mol. The summed E-state index contributed by atoms with van der Waals surface area (Å²) >= 11 is 1.25. The van der Waals surface area contributed by atoms with Crippen LogP contribution in [0.3, 0.4) is 0 Å². The number of halogens is 3. The van der Waals surface area contributed by atoms with E-state index in [-0.39, 0.29) is 11.7 Å². The largest absolute Gasteiger partial charge is 0.477 e. The van der Waals surface area contributed by atoms with Gasteiger partial charge in [0.2, 0.25) is 5.96 Å². The van der Waals surface area contributed by atoms with E-state index in [1.54, 1.807) is 33.0 Å². The van der Waals surface area contributed by atoms with Gasteiger partial charge in [-0.15, -0.1) is 11.3 Å². The molecule has 0 aromatic carbocycles. The number of terminal acetylenes is 1. The molecule has 0 aliphatic heterocycles. The lowest BCUT2D eigenvalue weighted by atomic mass is 9.97. The van der Waals surface area contributed by atoms with Crippen molar-refractivity contribution in [2.45, 2.75) is 46.4 Å². The number of carbonyl (C=O) groups is 1. The maximum absolute atomic E-state index is 12.7. The van der Waals surface area contributed by atoms with E-state index in [1.165, 1.54) is 36.7 Å². The maximum Gasteiger partial charge on any atom is 0.429 e. The highest BCUT2D eigenvalue weighted by molar-refractivity contribution is 7.13. The van der Waals surface area contributed by atoms with Gasteiger partial charge in [0.05, 0.1) is 4.88 Å². The number of aromatic nitrogens is 1. The van der Waals surface area contributed by atoms with Crippen LogP contribution in [0.1, 0.15) is 44.5 Å². The topological polar surface area (TPSA) is 119 Å². The molecule has 12 heteroatoms. The molecule has 1 aromatic heterocycles. The molecule has 1 unspecified atom stereocenters. The second kappa shape index (κ2) is 14.1. The van der Waals surface area contributed by atoms with Crippen LogP contribution in [0.2, 0.25) is 0 Å². The maximum atomic E-state index is 12.7. The molecular formula is C26H30F3N5O3S. The van der Waals surface area contributed by atoms with Crippen molar-refractivity contribution in [3.8, 4) is 12.5 Å². The van der Waals surface area contributed by atoms with E-state index in [4.69, 9.17) is 11.5 Å². The lowest BCUT2D eigenvalue weighted by Gasteiger charge is -2.21. The second-order valence-corrected chi connectivity index (χ2v) is 8.99. The van der Waals surface area contributed by atoms with Crippen molar-refractivity contribution in [1.29, 1.82) is 0 Å². The molecule has 0 bridgehead atoms. The lowest BCUT2D eigenvalue weighted by Crippen LogP contribution is -2.24. The van der Waals surface area contributed by atoms with Crippen molar-refractivity contribution in [2.24, 2.45) is 9.98 Å². The first kappa shape index (κ1) is 32.1. The van der Waals surface area contributed by atoms with E-state index < -0.39 is 23.5 Å². The Balaban J connectivity index is 3.10. The number of carboxylic acid groups (broad SMARTS) is 1. The third-order valence-electron chi connectivity index (χ3n) is 5.06. The van der Waals surface area contributed by atoms with Crippen LogP contribution < -0.4 is 10.6 Å². The number of alkyl halides is 3. The number of nitrogens with one attached hydrogen (secondary N) is 2. The molecule has 204 valence electrons. The highest BCUT2D eigenvalue weighted by Crippen LogP contribution is 2.34. The van der Waals surface area contributed by atoms with Gasteiger partial charge >= 0.3 is 12.1 Å². The van der Waals surface area contributed by atoms with Crippen molar-refractivity contribution in [3.05, 3.63) is 69.5 Å². The van der Waals surface area contributed by atoms with Crippen LogP contribution in [0, 0.1) is 12.5 Å². The minimum absolute atomic E-state index is 0.187. The Hall–Kier alpha value is -3.95. The first-order valence-corrected chi connectivity index (χ1v) is 11.9. The predicted molar refractivity (Wildman–Crippen MR) is 145 cm³/mol. The fourth-order valence-electron chi connectivity index (χ4n) is 2.62. The highest BCUT2D eigenvalue weighted by Gasteiger charge is 2.32. The molecule has 0 aliphatic carbocycles. The van der Waals surface area contributed by atoms with Gasteiger partial charge < -0.3 is 20.8 Å². The van der Waals surface area contributed by atoms with Gasteiger partial charge in [0.15, 0.2) is 0 Å². The van der Waals surface area contributed by atoms with Gasteiger partial charge in [-0.25, -0.2) is 14.8 Å². The summed E-state index contributed by atoms with van der Waals surface area (Å²) in [4.78, 5) is 23.5. The summed E-state index contributed by atoms with van der Waals surface area (Å²) in [6.45, 7) is 7.68. The molecule has 4 N–H and O–H groups in total. The molecule has 38 heavy (non-hydrogen) atoms. The van der Waals surface area contributed by atoms with E-state index in [2.05, 4.69) is 25.6 Å². The Morgan fingerprint density at radius 2 is 1.92 bits per heavy atom. The number of carboxylic acids is 1. The fraction of sp³-hybridized carbons (Fsp3) is 0.308. The molecule has 0 radical (unpaired) electrons. The summed E-state index contributed by atoms with van der Waals surface area (Å²) in [5.41, 5.74) is -0.715. The number of nitrogens with zero attached hydrogens (tertiary/aromatic N) is 3. The Kier molecular flexibility index (Phi) is 11.9. The number of hydrogen-bond acceptors (Lipinski definition) is 6. The Morgan fingerprint density at radius 3 is 2.45 bits per heavy atom. The van der Waals surface area contributed by atoms with Gasteiger partial charge in [-0.2, -0.15) is 13.2 Å². The number of thiazole rings is 1. The normalized spacial score (nSPS) is 16.3. The fourth-order valence-corrected chi connectivity index (χ4v) is 3.70. The molecule has 0 spiro atoms. The standard InChI is InChI=1S/C26H30F3N5O3S/c1-8-19(14-16(3)12-13-32-24(30-7)34-18(5)26(27,28)29)21-15-33-23(38-21)25(6,37)17(4)10-11-20(22(35)36)31-9-2/h2,8,10-15,31,37H,1,3-7H3,(H,30,32)(H,35,36)/b13-12+,16-14-,17-10+,19-8+,20-11-,34-18+. The Labute approximate surface area is 223 Å². The molecule has 0 fully saturated rings. The molecule has 1 heterocycles. The highest BCUT2D eigenvalue weighted by atomic mass is 32.1. The van der Waals surface area contributed by atoms with Crippen molar-refractivity contribution in [1.82, 2.24) is 15.6 Å². The molecule has 0 aliphatic rings. The monoisotopic (exact) mass is 549 g/mol. The van der Waals surface area contributed by atoms with Crippen molar-refractivity contribution < 1.29 is 28.2 Å². The number of aliphatic imine (C=N–C) groups is 2. The van der Waals surface area contributed by atoms with E-state index >= 15 is 0 Å². The van der Waals surface area contributed by atoms with Crippen LogP contribution >= 0.6 is 11.3 Å². The third kappa shape index (κ3) is 9.49. The first-order valence-electron chi connectivity index (χ1n) is 11.1. The van der Waals surface area contributed by atoms with Crippen LogP contribution in [0.4, 0.5) is 13.2 Å². The van der Waals surface area contributed by atoms with Crippen molar-refractivity contribution >= 4 is 34.6 Å². The van der Waals surface area contributed by atoms with E-state index in [9.17, 15) is 23.1 Å². The molecule has 8 nitrogen and oxygen atoms in total. The average Bonchev–Trinajstić information content (AvgIpc) is 3.34. The van der Waals surface area contributed by atoms with Crippen LogP contribution in [0.5, 0.6) is 0 Å². The van der Waals surface area contributed by atoms with Crippen LogP contribution in [-0.4, -0.2) is 46.1 Å². The van der Waals surface area contributed by atoms with Crippen molar-refractivity contribution in [2.75, 3.05) is 7.05 Å². The zero-order chi connectivity index (χ0) is 29.1. The lowest BCUT2D eigenvalue weighted by molar-refractivity contribution is -0.132. The van der Waals surface area contributed by atoms with Gasteiger partial charge in [0.1, 0.15) is 22.0 Å². The Bertz CT molecular complexity index is 1270. The first-order chi connectivity index (χ1) is 17.7. The van der Waals surface area contributed by atoms with Gasteiger partial charge in [-0.3, -0.25) is 4.99 Å². The summed E-state index contributed by atoms with van der Waals surface area (Å²) in [6.07, 6.45) is 11.6. The summed E-state index contributed by atoms with van der Waals surface area (Å²) in [6, 6.07) is 2.04. The minimum Gasteiger partial charge on any atom is -0.477 e. The second-order valence-electron chi connectivity index (χ2n) is 7.96. The summed E-state index contributed by atoms with van der Waals surface area (Å²) in [5.74, 6) is -1.43. The number of allylic oxidation sites excluding steroid dienone is 7. The van der Waals surface area contributed by atoms with Gasteiger partial charge in [-0.05, 0) is 63.5 Å². The smallest absolute Gasteiger partial charge is 0.429 e. The van der Waals surface area contributed by atoms with E-state index in [0.717, 1.165) is 22.9 Å². The van der Waals surface area contributed by atoms with Gasteiger partial charge in [-0.1, -0.05) is 24.7 Å². The van der Waals surface area contributed by atoms with Gasteiger partial charge in [0.25, 0.3) is 0 Å². The quantitative estimate of drug-likeness (QED) is 0.0868. The summed E-state index contributed by atoms with van der Waals surface area (Å²) < 4.78 is 38.1. The summed E-state index contributed by atoms with van der Waals surface area (Å²) in [7, 11) is 1.33. The number of aliphatic carboxylic acids is 1. The predicted octanol–water partition coefficient (Wildman–Crippen LogP) is 4.91. The molecule has 1 rings (SSSR count). The zero-order valence-corrected chi connectivity index (χ0v) is 22.6. The number of hydrogen-bond donors (Lipinski definition) is 4. The van der Waals surface area contributed by atoms with Crippen LogP contribution in [0.15, 0.2) is 69.6 Å². The van der Waals surface area contributed by atoms with Crippen LogP contribution in [0.25, 0.3) is 5.57 Å². The SMILES string of the molecule is C#CN/C(=C\C=C(/C)C(C)(O)c1ncc(C(/C=C(C)\C=C\NC(=NC)/N=C(\C)C(F)(F)F)=C/C)s1)C(=O)O. The van der Waals surface area contributed by atoms with E-state index in [0.29, 0.717) is 10.6 Å². The molecule has 1 atom stereocenters. The molecule has 0 saturated carbocycles. The number of rotatable bonds is 9. The van der Waals surface area contributed by atoms with Gasteiger partial charge in [0, 0.05) is 25.5 Å². The molecule has 0 saturated heterocycles. The number of guanidine groups is 1.